The molecular formula is C17H19NO4. The average molecular weight is 301 g/mol. The molecule has 0 bridgehead atoms. The summed E-state index contributed by atoms with van der Waals surface area (Å²) in [4.78, 5) is 26.3. The van der Waals surface area contributed by atoms with Crippen LogP contribution in [-0.4, -0.2) is 22.2 Å². The molecule has 1 unspecified atom stereocenters. The van der Waals surface area contributed by atoms with Gasteiger partial charge in [-0.1, -0.05) is 20.8 Å². The Morgan fingerprint density at radius 3 is 2.68 bits per heavy atom. The van der Waals surface area contributed by atoms with Crippen LogP contribution >= 0.6 is 0 Å². The van der Waals surface area contributed by atoms with Gasteiger partial charge in [0.2, 0.25) is 0 Å². The third-order valence-electron chi connectivity index (χ3n) is 4.25. The number of hydrogen-bond acceptors (Lipinski definition) is 3. The van der Waals surface area contributed by atoms with Crippen LogP contribution in [-0.2, 0) is 17.8 Å². The summed E-state index contributed by atoms with van der Waals surface area (Å²) in [6, 6.07) is 4.58. The maximum Gasteiger partial charge on any atom is 0.335 e. The third-order valence-corrected chi connectivity index (χ3v) is 4.25. The molecule has 0 saturated carbocycles. The Bertz CT molecular complexity index is 814. The minimum absolute atomic E-state index is 0.0214. The number of aromatic carboxylic acids is 1. The molecule has 2 N–H and O–H groups in total. The SMILES string of the molecule is CC(C)(C)C1Cc2[nH]c(=O)c3ccc(C(=O)O)cc3c2CO1. The van der Waals surface area contributed by atoms with E-state index in [0.29, 0.717) is 23.8 Å². The van der Waals surface area contributed by atoms with Gasteiger partial charge in [0.15, 0.2) is 0 Å². The Hall–Kier alpha value is -2.14. The second kappa shape index (κ2) is 4.95. The van der Waals surface area contributed by atoms with Crippen molar-refractivity contribution < 1.29 is 14.6 Å². The van der Waals surface area contributed by atoms with Gasteiger partial charge in [-0.15, -0.1) is 0 Å². The Morgan fingerprint density at radius 2 is 2.05 bits per heavy atom. The van der Waals surface area contributed by atoms with E-state index >= 15 is 0 Å². The van der Waals surface area contributed by atoms with Crippen molar-refractivity contribution in [3.05, 3.63) is 45.4 Å². The van der Waals surface area contributed by atoms with Crippen molar-refractivity contribution in [2.75, 3.05) is 0 Å². The van der Waals surface area contributed by atoms with Crippen LogP contribution in [0.5, 0.6) is 0 Å². The minimum Gasteiger partial charge on any atom is -0.478 e. The number of pyridine rings is 1. The van der Waals surface area contributed by atoms with Gasteiger partial charge in [-0.05, 0) is 29.0 Å². The zero-order chi connectivity index (χ0) is 16.1. The van der Waals surface area contributed by atoms with Gasteiger partial charge in [-0.25, -0.2) is 4.79 Å². The maximum atomic E-state index is 12.2. The molecule has 1 aromatic carbocycles. The predicted octanol–water partition coefficient (Wildman–Crippen LogP) is 2.71. The number of aromatic amines is 1. The number of ether oxygens (including phenoxy) is 1. The summed E-state index contributed by atoms with van der Waals surface area (Å²) in [6.07, 6.45) is 0.650. The number of aromatic nitrogens is 1. The van der Waals surface area contributed by atoms with E-state index < -0.39 is 5.97 Å². The lowest BCUT2D eigenvalue weighted by Gasteiger charge is -2.35. The lowest BCUT2D eigenvalue weighted by Crippen LogP contribution is -2.36. The Labute approximate surface area is 127 Å². The van der Waals surface area contributed by atoms with Crippen molar-refractivity contribution in [1.29, 1.82) is 0 Å². The number of nitrogens with one attached hydrogen (secondary N) is 1. The van der Waals surface area contributed by atoms with Crippen LogP contribution in [0.15, 0.2) is 23.0 Å². The summed E-state index contributed by atoms with van der Waals surface area (Å²) >= 11 is 0. The molecule has 1 aromatic heterocycles. The summed E-state index contributed by atoms with van der Waals surface area (Å²) in [5.74, 6) is -1.000. The van der Waals surface area contributed by atoms with Crippen molar-refractivity contribution in [2.24, 2.45) is 5.41 Å². The molecule has 0 saturated heterocycles. The molecule has 0 amide bonds. The molecule has 2 aromatic rings. The van der Waals surface area contributed by atoms with Crippen LogP contribution in [0.4, 0.5) is 0 Å². The van der Waals surface area contributed by atoms with Gasteiger partial charge in [-0.2, -0.15) is 0 Å². The number of H-pyrrole nitrogens is 1. The number of carboxylic acids is 1. The fraction of sp³-hybridized carbons (Fsp3) is 0.412. The smallest absolute Gasteiger partial charge is 0.335 e. The molecule has 116 valence electrons. The summed E-state index contributed by atoms with van der Waals surface area (Å²) in [6.45, 7) is 6.69. The zero-order valence-corrected chi connectivity index (χ0v) is 12.9. The highest BCUT2D eigenvalue weighted by molar-refractivity contribution is 5.95. The number of carboxylic acid groups (broad SMARTS) is 1. The standard InChI is InChI=1S/C17H19NO4/c1-17(2,3)14-7-13-12(8-22-14)11-6-9(16(20)21)4-5-10(11)15(19)18-13/h4-6,14H,7-8H2,1-3H3,(H,18,19)(H,20,21). The van der Waals surface area contributed by atoms with Crippen molar-refractivity contribution in [3.8, 4) is 0 Å². The van der Waals surface area contributed by atoms with Gasteiger partial charge in [0.1, 0.15) is 0 Å². The first-order valence-electron chi connectivity index (χ1n) is 7.30. The van der Waals surface area contributed by atoms with Crippen molar-refractivity contribution in [1.82, 2.24) is 4.98 Å². The normalized spacial score (nSPS) is 18.2. The van der Waals surface area contributed by atoms with Gasteiger partial charge in [0.05, 0.1) is 18.3 Å². The highest BCUT2D eigenvalue weighted by Gasteiger charge is 2.31. The van der Waals surface area contributed by atoms with E-state index in [1.807, 2.05) is 0 Å². The van der Waals surface area contributed by atoms with Gasteiger partial charge >= 0.3 is 5.97 Å². The first kappa shape index (κ1) is 14.8. The number of benzene rings is 1. The van der Waals surface area contributed by atoms with Crippen molar-refractivity contribution in [2.45, 2.75) is 39.9 Å². The number of rotatable bonds is 1. The highest BCUT2D eigenvalue weighted by atomic mass is 16.5. The molecular weight excluding hydrogens is 282 g/mol. The fourth-order valence-corrected chi connectivity index (χ4v) is 2.89. The minimum atomic E-state index is -1.000. The Morgan fingerprint density at radius 1 is 1.32 bits per heavy atom. The topological polar surface area (TPSA) is 79.4 Å². The molecule has 2 heterocycles. The maximum absolute atomic E-state index is 12.2. The van der Waals surface area contributed by atoms with E-state index in [1.54, 1.807) is 12.1 Å². The molecule has 0 aliphatic carbocycles. The van der Waals surface area contributed by atoms with Crippen LogP contribution in [0.25, 0.3) is 10.8 Å². The van der Waals surface area contributed by atoms with E-state index in [0.717, 1.165) is 11.3 Å². The van der Waals surface area contributed by atoms with Crippen LogP contribution in [0, 0.1) is 5.41 Å². The number of fused-ring (bicyclic) bond motifs is 3. The molecule has 0 radical (unpaired) electrons. The number of hydrogen-bond donors (Lipinski definition) is 2. The quantitative estimate of drug-likeness (QED) is 0.848. The lowest BCUT2D eigenvalue weighted by atomic mass is 9.83. The average Bonchev–Trinajstić information content (AvgIpc) is 2.45. The highest BCUT2D eigenvalue weighted by Crippen LogP contribution is 2.33. The molecule has 22 heavy (non-hydrogen) atoms. The van der Waals surface area contributed by atoms with E-state index in [4.69, 9.17) is 9.84 Å². The van der Waals surface area contributed by atoms with Gasteiger partial charge in [-0.3, -0.25) is 4.79 Å². The Balaban J connectivity index is 2.18. The second-order valence-corrected chi connectivity index (χ2v) is 6.85. The van der Waals surface area contributed by atoms with Gasteiger partial charge in [0.25, 0.3) is 5.56 Å². The fourth-order valence-electron chi connectivity index (χ4n) is 2.89. The third kappa shape index (κ3) is 2.41. The van der Waals surface area contributed by atoms with Gasteiger partial charge in [0, 0.05) is 23.1 Å². The molecule has 5 nitrogen and oxygen atoms in total. The molecule has 1 atom stereocenters. The molecule has 0 fully saturated rings. The zero-order valence-electron chi connectivity index (χ0n) is 12.9. The number of carbonyl (C=O) groups is 1. The van der Waals surface area contributed by atoms with Crippen LogP contribution < -0.4 is 5.56 Å². The Kier molecular flexibility index (Phi) is 3.33. The molecule has 3 rings (SSSR count). The summed E-state index contributed by atoms with van der Waals surface area (Å²) in [5.41, 5.74) is 1.72. The molecule has 1 aliphatic heterocycles. The van der Waals surface area contributed by atoms with Crippen molar-refractivity contribution in [3.63, 3.8) is 0 Å². The first-order chi connectivity index (χ1) is 10.3. The van der Waals surface area contributed by atoms with Crippen LogP contribution in [0.3, 0.4) is 0 Å². The molecule has 1 aliphatic rings. The van der Waals surface area contributed by atoms with Crippen molar-refractivity contribution >= 4 is 16.7 Å². The van der Waals surface area contributed by atoms with E-state index in [2.05, 4.69) is 25.8 Å². The molecule has 0 spiro atoms. The van der Waals surface area contributed by atoms with Crippen LogP contribution in [0.2, 0.25) is 0 Å². The second-order valence-electron chi connectivity index (χ2n) is 6.85. The summed E-state index contributed by atoms with van der Waals surface area (Å²) in [7, 11) is 0. The first-order valence-corrected chi connectivity index (χ1v) is 7.30. The lowest BCUT2D eigenvalue weighted by molar-refractivity contribution is -0.0380. The van der Waals surface area contributed by atoms with E-state index in [-0.39, 0.29) is 22.6 Å². The summed E-state index contributed by atoms with van der Waals surface area (Å²) in [5, 5.41) is 10.3. The monoisotopic (exact) mass is 301 g/mol. The van der Waals surface area contributed by atoms with Gasteiger partial charge < -0.3 is 14.8 Å². The largest absolute Gasteiger partial charge is 0.478 e. The predicted molar refractivity (Wildman–Crippen MR) is 83.3 cm³/mol. The molecule has 5 heteroatoms. The summed E-state index contributed by atoms with van der Waals surface area (Å²) < 4.78 is 5.95. The van der Waals surface area contributed by atoms with E-state index in [1.165, 1.54) is 6.07 Å². The van der Waals surface area contributed by atoms with Crippen LogP contribution in [0.1, 0.15) is 42.4 Å². The van der Waals surface area contributed by atoms with E-state index in [9.17, 15) is 9.59 Å².